The number of ether oxygens (including phenoxy) is 1. The smallest absolute Gasteiger partial charge is 0.255 e. The van der Waals surface area contributed by atoms with E-state index in [-0.39, 0.29) is 22.8 Å². The molecule has 1 aliphatic carbocycles. The van der Waals surface area contributed by atoms with Crippen molar-refractivity contribution in [1.82, 2.24) is 19.9 Å². The summed E-state index contributed by atoms with van der Waals surface area (Å²) in [7, 11) is -2.17. The van der Waals surface area contributed by atoms with E-state index in [9.17, 15) is 13.2 Å². The van der Waals surface area contributed by atoms with Crippen LogP contribution in [-0.2, 0) is 15.4 Å². The van der Waals surface area contributed by atoms with Gasteiger partial charge < -0.3 is 20.3 Å². The number of hydrogen-bond donors (Lipinski definition) is 3. The van der Waals surface area contributed by atoms with Crippen LogP contribution < -0.4 is 20.1 Å². The van der Waals surface area contributed by atoms with Crippen LogP contribution in [0.5, 0.6) is 5.75 Å². The van der Waals surface area contributed by atoms with Crippen LogP contribution in [0.15, 0.2) is 48.8 Å². The number of aromatic nitrogens is 3. The van der Waals surface area contributed by atoms with Gasteiger partial charge in [-0.15, -0.1) is 0 Å². The number of carbonyl (C=O) groups is 1. The van der Waals surface area contributed by atoms with Gasteiger partial charge in [-0.05, 0) is 105 Å². The minimum atomic E-state index is -3.61. The van der Waals surface area contributed by atoms with E-state index in [1.807, 2.05) is 45.9 Å². The molecule has 2 fully saturated rings. The molecule has 1 saturated carbocycles. The monoisotopic (exact) mass is 671 g/mol. The molecule has 12 heteroatoms. The van der Waals surface area contributed by atoms with Gasteiger partial charge in [0.05, 0.1) is 30.3 Å². The number of anilines is 4. The molecule has 2 aromatic heterocycles. The molecular formula is C36H45N7O4S. The Morgan fingerprint density at radius 3 is 2.38 bits per heavy atom. The Morgan fingerprint density at radius 2 is 1.71 bits per heavy atom. The fourth-order valence-electron chi connectivity index (χ4n) is 6.22. The Morgan fingerprint density at radius 1 is 0.979 bits per heavy atom. The van der Waals surface area contributed by atoms with Gasteiger partial charge in [0, 0.05) is 29.4 Å². The lowest BCUT2D eigenvalue weighted by Crippen LogP contribution is -2.34. The van der Waals surface area contributed by atoms with Crippen molar-refractivity contribution in [2.45, 2.75) is 64.7 Å². The number of aryl methyl sites for hydroxylation is 1. The summed E-state index contributed by atoms with van der Waals surface area (Å²) in [6.07, 6.45) is 7.53. The molecule has 0 radical (unpaired) electrons. The molecule has 48 heavy (non-hydrogen) atoms. The molecule has 4 aromatic rings. The molecular weight excluding hydrogens is 627 g/mol. The lowest BCUT2D eigenvalue weighted by Gasteiger charge is -2.31. The third-order valence-electron chi connectivity index (χ3n) is 9.18. The molecule has 11 nitrogen and oxygen atoms in total. The number of methoxy groups -OCH3 is 1. The van der Waals surface area contributed by atoms with Crippen molar-refractivity contribution >= 4 is 49.8 Å². The quantitative estimate of drug-likeness (QED) is 0.170. The molecule has 0 unspecified atom stereocenters. The lowest BCUT2D eigenvalue weighted by molar-refractivity contribution is 0.102. The SMILES string of the molecule is COc1c(NC(=O)c2ccc(C)c(Nc3ncnc4ccc(C5CCN(CC6CC6)CC5)nc34)c2)cc(C(C)(C)C)cc1NS(C)(=O)=O. The van der Waals surface area contributed by atoms with Crippen LogP contribution in [0.4, 0.5) is 22.9 Å². The summed E-state index contributed by atoms with van der Waals surface area (Å²) in [6, 6.07) is 13.0. The normalized spacial score (nSPS) is 16.1. The van der Waals surface area contributed by atoms with E-state index < -0.39 is 10.0 Å². The summed E-state index contributed by atoms with van der Waals surface area (Å²) in [4.78, 5) is 30.4. The summed E-state index contributed by atoms with van der Waals surface area (Å²) in [5.41, 5.74) is 5.62. The third-order valence-corrected chi connectivity index (χ3v) is 9.77. The Bertz CT molecular complexity index is 1950. The Kier molecular flexibility index (Phi) is 9.32. The maximum absolute atomic E-state index is 13.7. The van der Waals surface area contributed by atoms with E-state index in [4.69, 9.17) is 9.72 Å². The van der Waals surface area contributed by atoms with Crippen LogP contribution in [-0.4, -0.2) is 67.2 Å². The van der Waals surface area contributed by atoms with Crippen molar-refractivity contribution in [3.63, 3.8) is 0 Å². The van der Waals surface area contributed by atoms with E-state index in [1.54, 1.807) is 18.2 Å². The number of nitrogens with one attached hydrogen (secondary N) is 3. The Labute approximate surface area is 283 Å². The molecule has 0 atom stereocenters. The average molecular weight is 672 g/mol. The number of nitrogens with zero attached hydrogens (tertiary/aromatic N) is 4. The van der Waals surface area contributed by atoms with E-state index in [0.717, 1.165) is 60.4 Å². The zero-order valence-corrected chi connectivity index (χ0v) is 29.4. The number of carbonyl (C=O) groups excluding carboxylic acids is 1. The summed E-state index contributed by atoms with van der Waals surface area (Å²) in [6.45, 7) is 11.4. The van der Waals surface area contributed by atoms with Gasteiger partial charge >= 0.3 is 0 Å². The van der Waals surface area contributed by atoms with Crippen LogP contribution >= 0.6 is 0 Å². The molecule has 3 heterocycles. The molecule has 6 rings (SSSR count). The van der Waals surface area contributed by atoms with E-state index in [2.05, 4.69) is 36.3 Å². The van der Waals surface area contributed by atoms with Crippen molar-refractivity contribution in [3.8, 4) is 5.75 Å². The third kappa shape index (κ3) is 7.87. The van der Waals surface area contributed by atoms with Gasteiger partial charge in [0.15, 0.2) is 11.6 Å². The zero-order valence-electron chi connectivity index (χ0n) is 28.6. The van der Waals surface area contributed by atoms with E-state index in [0.29, 0.717) is 34.2 Å². The van der Waals surface area contributed by atoms with E-state index >= 15 is 0 Å². The molecule has 1 saturated heterocycles. The highest BCUT2D eigenvalue weighted by Gasteiger charge is 2.28. The predicted octanol–water partition coefficient (Wildman–Crippen LogP) is 6.60. The summed E-state index contributed by atoms with van der Waals surface area (Å²) in [5, 5.41) is 6.37. The largest absolute Gasteiger partial charge is 0.492 e. The highest BCUT2D eigenvalue weighted by atomic mass is 32.2. The van der Waals surface area contributed by atoms with Gasteiger partial charge in [0.1, 0.15) is 11.8 Å². The molecule has 2 aliphatic rings. The summed E-state index contributed by atoms with van der Waals surface area (Å²) in [5.74, 6) is 1.71. The first kappa shape index (κ1) is 33.6. The fourth-order valence-corrected chi connectivity index (χ4v) is 6.77. The number of piperidine rings is 1. The van der Waals surface area contributed by atoms with Crippen molar-refractivity contribution in [1.29, 1.82) is 0 Å². The van der Waals surface area contributed by atoms with Gasteiger partial charge in [-0.3, -0.25) is 9.52 Å². The van der Waals surface area contributed by atoms with Gasteiger partial charge in [0.25, 0.3) is 5.91 Å². The van der Waals surface area contributed by atoms with Gasteiger partial charge in [-0.2, -0.15) is 0 Å². The maximum atomic E-state index is 13.7. The number of hydrogen-bond acceptors (Lipinski definition) is 9. The Balaban J connectivity index is 1.25. The van der Waals surface area contributed by atoms with Crippen LogP contribution in [0, 0.1) is 12.8 Å². The second-order valence-corrected chi connectivity index (χ2v) is 15.9. The van der Waals surface area contributed by atoms with Crippen molar-refractivity contribution < 1.29 is 17.9 Å². The second-order valence-electron chi connectivity index (χ2n) is 14.2. The van der Waals surface area contributed by atoms with E-state index in [1.165, 1.54) is 32.8 Å². The molecule has 3 N–H and O–H groups in total. The summed E-state index contributed by atoms with van der Waals surface area (Å²) >= 11 is 0. The lowest BCUT2D eigenvalue weighted by atomic mass is 9.86. The fraction of sp³-hybridized carbons (Fsp3) is 0.444. The minimum absolute atomic E-state index is 0.218. The molecule has 1 amide bonds. The van der Waals surface area contributed by atoms with Gasteiger partial charge in [0.2, 0.25) is 10.0 Å². The second kappa shape index (κ2) is 13.3. The number of amides is 1. The van der Waals surface area contributed by atoms with Crippen molar-refractivity contribution in [3.05, 3.63) is 71.2 Å². The molecule has 2 aromatic carbocycles. The number of sulfonamides is 1. The number of benzene rings is 2. The first-order chi connectivity index (χ1) is 22.8. The predicted molar refractivity (Wildman–Crippen MR) is 191 cm³/mol. The highest BCUT2D eigenvalue weighted by molar-refractivity contribution is 7.92. The first-order valence-electron chi connectivity index (χ1n) is 16.5. The number of pyridine rings is 1. The van der Waals surface area contributed by atoms with Crippen LogP contribution in [0.25, 0.3) is 11.0 Å². The topological polar surface area (TPSA) is 138 Å². The highest BCUT2D eigenvalue weighted by Crippen LogP contribution is 2.40. The molecule has 1 aliphatic heterocycles. The average Bonchev–Trinajstić information content (AvgIpc) is 3.85. The molecule has 0 spiro atoms. The standard InChI is InChI=1S/C36H45N7O4S/c1-22-7-10-25(35(44)41-30-18-26(36(2,3)4)19-31(33(30)47-5)42-48(6,45)46)17-29(22)40-34-32-28(37-21-38-34)12-11-27(39-32)24-13-15-43(16-14-24)20-23-8-9-23/h7,10-12,17-19,21,23-24,42H,8-9,13-16,20H2,1-6H3,(H,41,44)(H,37,38,40). The van der Waals surface area contributed by atoms with Crippen LogP contribution in [0.3, 0.4) is 0 Å². The summed E-state index contributed by atoms with van der Waals surface area (Å²) < 4.78 is 32.4. The number of fused-ring (bicyclic) bond motifs is 1. The Hall–Kier alpha value is -4.29. The van der Waals surface area contributed by atoms with Crippen LogP contribution in [0.1, 0.15) is 79.6 Å². The molecule has 0 bridgehead atoms. The number of rotatable bonds is 10. The molecule has 254 valence electrons. The number of likely N-dealkylation sites (tertiary alicyclic amines) is 1. The maximum Gasteiger partial charge on any atom is 0.255 e. The van der Waals surface area contributed by atoms with Crippen molar-refractivity contribution in [2.75, 3.05) is 48.4 Å². The van der Waals surface area contributed by atoms with Gasteiger partial charge in [-0.1, -0.05) is 26.8 Å². The zero-order chi connectivity index (χ0) is 34.2. The minimum Gasteiger partial charge on any atom is -0.492 e. The van der Waals surface area contributed by atoms with Gasteiger partial charge in [-0.25, -0.2) is 23.4 Å². The first-order valence-corrected chi connectivity index (χ1v) is 18.4. The van der Waals surface area contributed by atoms with Crippen molar-refractivity contribution in [2.24, 2.45) is 5.92 Å². The van der Waals surface area contributed by atoms with Crippen LogP contribution in [0.2, 0.25) is 0 Å².